The smallest absolute Gasteiger partial charge is 0.259 e. The predicted octanol–water partition coefficient (Wildman–Crippen LogP) is 4.93. The Labute approximate surface area is 174 Å². The van der Waals surface area contributed by atoms with E-state index >= 15 is 0 Å². The zero-order valence-corrected chi connectivity index (χ0v) is 17.0. The summed E-state index contributed by atoms with van der Waals surface area (Å²) >= 11 is 0. The Hall–Kier alpha value is -3.15. The van der Waals surface area contributed by atoms with Gasteiger partial charge in [0.15, 0.2) is 0 Å². The van der Waals surface area contributed by atoms with E-state index in [0.717, 1.165) is 29.2 Å². The van der Waals surface area contributed by atoms with Gasteiger partial charge in [0.25, 0.3) is 5.91 Å². The molecule has 1 fully saturated rings. The first-order valence-corrected chi connectivity index (χ1v) is 10.2. The van der Waals surface area contributed by atoms with Crippen LogP contribution in [0.2, 0.25) is 0 Å². The van der Waals surface area contributed by atoms with E-state index in [1.807, 2.05) is 6.07 Å². The quantitative estimate of drug-likeness (QED) is 0.621. The molecular weight excluding hydrogens is 384 g/mol. The van der Waals surface area contributed by atoms with Gasteiger partial charge in [0.2, 0.25) is 0 Å². The van der Waals surface area contributed by atoms with Crippen LogP contribution in [0, 0.1) is 25.5 Å². The molecule has 1 aromatic heterocycles. The number of fused-ring (bicyclic) bond motifs is 4. The Bertz CT molecular complexity index is 1140. The molecule has 0 radical (unpaired) electrons. The molecule has 1 N–H and O–H groups in total. The lowest BCUT2D eigenvalue weighted by atomic mass is 9.81. The van der Waals surface area contributed by atoms with Gasteiger partial charge in [-0.3, -0.25) is 4.79 Å². The summed E-state index contributed by atoms with van der Waals surface area (Å²) in [6.07, 6.45) is 3.39. The van der Waals surface area contributed by atoms with Crippen LogP contribution < -0.4 is 5.32 Å². The highest BCUT2D eigenvalue weighted by atomic mass is 19.1. The first-order valence-electron chi connectivity index (χ1n) is 10.2. The number of carbonyl (C=O) groups excluding carboxylic acids is 1. The van der Waals surface area contributed by atoms with Gasteiger partial charge in [-0.15, -0.1) is 0 Å². The van der Waals surface area contributed by atoms with Crippen molar-refractivity contribution in [3.05, 3.63) is 82.7 Å². The Kier molecular flexibility index (Phi) is 4.20. The number of carbonyl (C=O) groups is 1. The minimum atomic E-state index is -0.815. The fourth-order valence-electron chi connectivity index (χ4n) is 4.83. The van der Waals surface area contributed by atoms with Crippen molar-refractivity contribution in [2.45, 2.75) is 32.2 Å². The van der Waals surface area contributed by atoms with Crippen molar-refractivity contribution in [2.24, 2.45) is 0 Å². The number of nitrogens with zero attached hydrogens (tertiary/aromatic N) is 2. The SMILES string of the molecule is Cc1ccc2c(c1C)-n1cccc1C1(CCN(C(=O)c3c(F)cccc3F)CC1)N2. The normalized spacial score (nSPS) is 16.7. The zero-order chi connectivity index (χ0) is 21.0. The number of likely N-dealkylation sites (tertiary alicyclic amines) is 1. The summed E-state index contributed by atoms with van der Waals surface area (Å²) in [6, 6.07) is 11.9. The molecule has 1 amide bonds. The second-order valence-corrected chi connectivity index (χ2v) is 8.26. The Morgan fingerprint density at radius 2 is 1.70 bits per heavy atom. The maximum atomic E-state index is 14.1. The van der Waals surface area contributed by atoms with E-state index in [4.69, 9.17) is 0 Å². The van der Waals surface area contributed by atoms with Gasteiger partial charge in [-0.1, -0.05) is 12.1 Å². The van der Waals surface area contributed by atoms with Gasteiger partial charge in [-0.05, 0) is 68.1 Å². The highest BCUT2D eigenvalue weighted by Crippen LogP contribution is 2.45. The zero-order valence-electron chi connectivity index (χ0n) is 17.0. The number of hydrogen-bond acceptors (Lipinski definition) is 2. The molecule has 2 aromatic carbocycles. The molecular formula is C24H23F2N3O. The van der Waals surface area contributed by atoms with Crippen molar-refractivity contribution in [3.63, 3.8) is 0 Å². The third kappa shape index (κ3) is 2.66. The number of anilines is 1. The minimum absolute atomic E-state index is 0.317. The highest BCUT2D eigenvalue weighted by Gasteiger charge is 2.43. The number of halogens is 2. The lowest BCUT2D eigenvalue weighted by Crippen LogP contribution is -2.51. The van der Waals surface area contributed by atoms with Crippen molar-refractivity contribution in [1.82, 2.24) is 9.47 Å². The third-order valence-corrected chi connectivity index (χ3v) is 6.64. The molecule has 0 aliphatic carbocycles. The Balaban J connectivity index is 1.45. The van der Waals surface area contributed by atoms with Crippen LogP contribution in [0.3, 0.4) is 0 Å². The maximum absolute atomic E-state index is 14.1. The number of benzene rings is 2. The predicted molar refractivity (Wildman–Crippen MR) is 112 cm³/mol. The fourth-order valence-corrected chi connectivity index (χ4v) is 4.83. The summed E-state index contributed by atoms with van der Waals surface area (Å²) in [6.45, 7) is 5.08. The molecule has 3 heterocycles. The molecule has 154 valence electrons. The van der Waals surface area contributed by atoms with Crippen LogP contribution in [0.4, 0.5) is 14.5 Å². The van der Waals surface area contributed by atoms with Gasteiger partial charge >= 0.3 is 0 Å². The van der Waals surface area contributed by atoms with Crippen molar-refractivity contribution < 1.29 is 13.6 Å². The topological polar surface area (TPSA) is 37.3 Å². The largest absolute Gasteiger partial charge is 0.372 e. The van der Waals surface area contributed by atoms with Crippen LogP contribution in [0.25, 0.3) is 5.69 Å². The molecule has 0 bridgehead atoms. The fraction of sp³-hybridized carbons (Fsp3) is 0.292. The number of aromatic nitrogens is 1. The maximum Gasteiger partial charge on any atom is 0.259 e. The lowest BCUT2D eigenvalue weighted by Gasteiger charge is -2.46. The standard InChI is InChI=1S/C24H23F2N3O/c1-15-8-9-19-22(16(15)2)29-12-4-7-20(29)24(27-19)10-13-28(14-11-24)23(30)21-17(25)5-3-6-18(21)26/h3-9,12,27H,10-11,13-14H2,1-2H3. The number of piperidine rings is 1. The summed E-state index contributed by atoms with van der Waals surface area (Å²) in [5.41, 5.74) is 5.07. The summed E-state index contributed by atoms with van der Waals surface area (Å²) in [5, 5.41) is 3.74. The number of nitrogens with one attached hydrogen (secondary N) is 1. The van der Waals surface area contributed by atoms with Gasteiger partial charge < -0.3 is 14.8 Å². The Morgan fingerprint density at radius 3 is 2.40 bits per heavy atom. The number of aryl methyl sites for hydroxylation is 1. The molecule has 0 saturated carbocycles. The molecule has 0 unspecified atom stereocenters. The first kappa shape index (κ1) is 18.9. The van der Waals surface area contributed by atoms with Crippen LogP contribution in [-0.4, -0.2) is 28.5 Å². The van der Waals surface area contributed by atoms with Gasteiger partial charge in [0, 0.05) is 25.0 Å². The number of rotatable bonds is 1. The lowest BCUT2D eigenvalue weighted by molar-refractivity contribution is 0.0666. The van der Waals surface area contributed by atoms with E-state index in [9.17, 15) is 13.6 Å². The van der Waals surface area contributed by atoms with Crippen molar-refractivity contribution in [1.29, 1.82) is 0 Å². The van der Waals surface area contributed by atoms with Gasteiger partial charge in [-0.2, -0.15) is 0 Å². The molecule has 3 aromatic rings. The molecule has 1 spiro atoms. The first-order chi connectivity index (χ1) is 14.4. The van der Waals surface area contributed by atoms with E-state index in [2.05, 4.69) is 48.1 Å². The summed E-state index contributed by atoms with van der Waals surface area (Å²) in [4.78, 5) is 14.4. The second-order valence-electron chi connectivity index (χ2n) is 8.26. The van der Waals surface area contributed by atoms with Crippen LogP contribution >= 0.6 is 0 Å². The average molecular weight is 407 g/mol. The van der Waals surface area contributed by atoms with Crippen LogP contribution in [0.5, 0.6) is 0 Å². The Morgan fingerprint density at radius 1 is 1.00 bits per heavy atom. The second kappa shape index (κ2) is 6.69. The van der Waals surface area contributed by atoms with Crippen LogP contribution in [0.1, 0.15) is 40.0 Å². The van der Waals surface area contributed by atoms with Gasteiger partial charge in [-0.25, -0.2) is 8.78 Å². The van der Waals surface area contributed by atoms with E-state index in [1.165, 1.54) is 17.2 Å². The molecule has 5 rings (SSSR count). The van der Waals surface area contributed by atoms with Crippen LogP contribution in [-0.2, 0) is 5.54 Å². The molecule has 1 saturated heterocycles. The minimum Gasteiger partial charge on any atom is -0.372 e. The average Bonchev–Trinajstić information content (AvgIpc) is 3.22. The summed E-state index contributed by atoms with van der Waals surface area (Å²) < 4.78 is 30.4. The molecule has 4 nitrogen and oxygen atoms in total. The van der Waals surface area contributed by atoms with E-state index in [-0.39, 0.29) is 5.54 Å². The van der Waals surface area contributed by atoms with Gasteiger partial charge in [0.05, 0.1) is 16.9 Å². The molecule has 0 atom stereocenters. The van der Waals surface area contributed by atoms with E-state index in [1.54, 1.807) is 4.90 Å². The summed E-state index contributed by atoms with van der Waals surface area (Å²) in [7, 11) is 0. The van der Waals surface area contributed by atoms with E-state index < -0.39 is 23.1 Å². The van der Waals surface area contributed by atoms with Crippen molar-refractivity contribution in [3.8, 4) is 5.69 Å². The monoisotopic (exact) mass is 407 g/mol. The van der Waals surface area contributed by atoms with Gasteiger partial charge in [0.1, 0.15) is 17.2 Å². The van der Waals surface area contributed by atoms with Crippen LogP contribution in [0.15, 0.2) is 48.7 Å². The number of hydrogen-bond donors (Lipinski definition) is 1. The third-order valence-electron chi connectivity index (χ3n) is 6.64. The molecule has 30 heavy (non-hydrogen) atoms. The van der Waals surface area contributed by atoms with E-state index in [0.29, 0.717) is 25.9 Å². The van der Waals surface area contributed by atoms with Crippen molar-refractivity contribution in [2.75, 3.05) is 18.4 Å². The summed E-state index contributed by atoms with van der Waals surface area (Å²) in [5.74, 6) is -2.21. The molecule has 6 heteroatoms. The molecule has 2 aliphatic heterocycles. The molecule has 2 aliphatic rings. The number of amides is 1. The van der Waals surface area contributed by atoms with Crippen molar-refractivity contribution >= 4 is 11.6 Å². The highest BCUT2D eigenvalue weighted by molar-refractivity contribution is 5.95.